The molecular weight excluding hydrogens is 398 g/mol. The van der Waals surface area contributed by atoms with Crippen molar-refractivity contribution in [2.24, 2.45) is 5.92 Å². The van der Waals surface area contributed by atoms with Crippen molar-refractivity contribution in [1.29, 1.82) is 0 Å². The van der Waals surface area contributed by atoms with E-state index in [0.717, 1.165) is 32.4 Å². The number of carbonyl (C=O) groups is 3. The number of ether oxygens (including phenoxy) is 2. The summed E-state index contributed by atoms with van der Waals surface area (Å²) in [6, 6.07) is 6.32. The van der Waals surface area contributed by atoms with E-state index in [4.69, 9.17) is 9.47 Å². The van der Waals surface area contributed by atoms with Crippen LogP contribution in [0.4, 0.5) is 0 Å². The monoisotopic (exact) mass is 431 g/mol. The van der Waals surface area contributed by atoms with Crippen molar-refractivity contribution < 1.29 is 23.9 Å². The van der Waals surface area contributed by atoms with Crippen LogP contribution in [0.25, 0.3) is 0 Å². The Bertz CT molecular complexity index is 770. The number of rotatable bonds is 7. The maximum absolute atomic E-state index is 13.4. The van der Waals surface area contributed by atoms with Crippen LogP contribution in [0.2, 0.25) is 0 Å². The van der Waals surface area contributed by atoms with Crippen LogP contribution in [0.1, 0.15) is 42.5 Å². The molecule has 2 aliphatic heterocycles. The minimum Gasteiger partial charge on any atom is -0.497 e. The average Bonchev–Trinajstić information content (AvgIpc) is 2.83. The average molecular weight is 432 g/mol. The molecule has 0 aromatic heterocycles. The van der Waals surface area contributed by atoms with E-state index in [1.807, 2.05) is 4.90 Å². The zero-order valence-electron chi connectivity index (χ0n) is 18.5. The number of piperidine rings is 2. The molecule has 1 aromatic rings. The molecule has 31 heavy (non-hydrogen) atoms. The van der Waals surface area contributed by atoms with E-state index >= 15 is 0 Å². The first-order valence-electron chi connectivity index (χ1n) is 11.0. The summed E-state index contributed by atoms with van der Waals surface area (Å²) in [5, 5.41) is 3.01. The van der Waals surface area contributed by atoms with Gasteiger partial charge in [0.25, 0.3) is 5.91 Å². The first-order valence-corrected chi connectivity index (χ1v) is 11.0. The van der Waals surface area contributed by atoms with Crippen LogP contribution in [0.5, 0.6) is 5.75 Å². The summed E-state index contributed by atoms with van der Waals surface area (Å²) in [5.74, 6) is 0.233. The first-order chi connectivity index (χ1) is 15.0. The normalized spacial score (nSPS) is 18.4. The van der Waals surface area contributed by atoms with Crippen molar-refractivity contribution in [3.63, 3.8) is 0 Å². The van der Waals surface area contributed by atoms with Gasteiger partial charge in [0, 0.05) is 38.9 Å². The van der Waals surface area contributed by atoms with Crippen molar-refractivity contribution in [3.8, 4) is 5.75 Å². The van der Waals surface area contributed by atoms with Gasteiger partial charge in [0.15, 0.2) is 0 Å². The standard InChI is InChI=1S/C23H33N3O5/c1-30-16-20(27)25-13-9-17(10-14-25)21(23(29)26-11-4-3-5-12-26)24-22(28)18-7-6-8-19(15-18)31-2/h6-8,15,17,21H,3-5,9-14,16H2,1-2H3,(H,24,28)/t21-/m1/s1. The highest BCUT2D eigenvalue weighted by Crippen LogP contribution is 2.24. The quantitative estimate of drug-likeness (QED) is 0.710. The smallest absolute Gasteiger partial charge is 0.252 e. The summed E-state index contributed by atoms with van der Waals surface area (Å²) in [5.41, 5.74) is 0.462. The maximum Gasteiger partial charge on any atom is 0.252 e. The van der Waals surface area contributed by atoms with Crippen molar-refractivity contribution in [1.82, 2.24) is 15.1 Å². The third-order valence-corrected chi connectivity index (χ3v) is 6.18. The van der Waals surface area contributed by atoms with E-state index in [1.165, 1.54) is 7.11 Å². The van der Waals surface area contributed by atoms with Gasteiger partial charge in [-0.15, -0.1) is 0 Å². The minimum atomic E-state index is -0.600. The molecule has 1 N–H and O–H groups in total. The van der Waals surface area contributed by atoms with Crippen molar-refractivity contribution in [2.45, 2.75) is 38.1 Å². The molecule has 2 heterocycles. The number of carbonyl (C=O) groups excluding carboxylic acids is 3. The van der Waals surface area contributed by atoms with E-state index < -0.39 is 6.04 Å². The lowest BCUT2D eigenvalue weighted by Gasteiger charge is -2.38. The molecule has 2 aliphatic rings. The number of amides is 3. The van der Waals surface area contributed by atoms with Crippen LogP contribution in [0.15, 0.2) is 24.3 Å². The van der Waals surface area contributed by atoms with Gasteiger partial charge < -0.3 is 24.6 Å². The van der Waals surface area contributed by atoms with Crippen LogP contribution < -0.4 is 10.1 Å². The third kappa shape index (κ3) is 5.97. The Morgan fingerprint density at radius 1 is 1.03 bits per heavy atom. The predicted molar refractivity (Wildman–Crippen MR) is 116 cm³/mol. The van der Waals surface area contributed by atoms with Gasteiger partial charge in [-0.05, 0) is 56.2 Å². The van der Waals surface area contributed by atoms with Crippen LogP contribution in [-0.4, -0.2) is 80.6 Å². The molecule has 1 atom stereocenters. The fourth-order valence-corrected chi connectivity index (χ4v) is 4.38. The second kappa shape index (κ2) is 11.1. The highest BCUT2D eigenvalue weighted by atomic mass is 16.5. The highest BCUT2D eigenvalue weighted by molar-refractivity contribution is 5.98. The summed E-state index contributed by atoms with van der Waals surface area (Å²) in [6.07, 6.45) is 4.44. The van der Waals surface area contributed by atoms with Gasteiger partial charge in [0.1, 0.15) is 18.4 Å². The summed E-state index contributed by atoms with van der Waals surface area (Å²) in [4.78, 5) is 42.2. The van der Waals surface area contributed by atoms with Gasteiger partial charge in [-0.25, -0.2) is 0 Å². The molecule has 0 radical (unpaired) electrons. The van der Waals surface area contributed by atoms with Crippen LogP contribution >= 0.6 is 0 Å². The number of hydrogen-bond acceptors (Lipinski definition) is 5. The molecule has 2 fully saturated rings. The molecule has 0 aliphatic carbocycles. The lowest BCUT2D eigenvalue weighted by atomic mass is 9.87. The van der Waals surface area contributed by atoms with Gasteiger partial charge in [-0.1, -0.05) is 6.07 Å². The summed E-state index contributed by atoms with van der Waals surface area (Å²) in [7, 11) is 3.06. The predicted octanol–water partition coefficient (Wildman–Crippen LogP) is 1.69. The number of hydrogen-bond donors (Lipinski definition) is 1. The van der Waals surface area contributed by atoms with Crippen molar-refractivity contribution in [3.05, 3.63) is 29.8 Å². The van der Waals surface area contributed by atoms with Gasteiger partial charge in [-0.3, -0.25) is 14.4 Å². The number of methoxy groups -OCH3 is 2. The topological polar surface area (TPSA) is 88.2 Å². The molecule has 170 valence electrons. The summed E-state index contributed by atoms with van der Waals surface area (Å²) < 4.78 is 10.2. The molecule has 0 unspecified atom stereocenters. The largest absolute Gasteiger partial charge is 0.497 e. The van der Waals surface area contributed by atoms with Gasteiger partial charge >= 0.3 is 0 Å². The molecule has 2 saturated heterocycles. The van der Waals surface area contributed by atoms with Gasteiger partial charge in [0.2, 0.25) is 11.8 Å². The van der Waals surface area contributed by atoms with Crippen molar-refractivity contribution >= 4 is 17.7 Å². The highest BCUT2D eigenvalue weighted by Gasteiger charge is 2.36. The zero-order chi connectivity index (χ0) is 22.2. The van der Waals surface area contributed by atoms with Gasteiger partial charge in [-0.2, -0.15) is 0 Å². The van der Waals surface area contributed by atoms with E-state index in [2.05, 4.69) is 5.32 Å². The van der Waals surface area contributed by atoms with E-state index in [0.29, 0.717) is 37.2 Å². The minimum absolute atomic E-state index is 0.0161. The molecule has 1 aromatic carbocycles. The van der Waals surface area contributed by atoms with E-state index in [1.54, 1.807) is 36.3 Å². The molecule has 8 heteroatoms. The SMILES string of the molecule is COCC(=O)N1CCC([C@@H](NC(=O)c2cccc(OC)c2)C(=O)N2CCCCC2)CC1. The Kier molecular flexibility index (Phi) is 8.28. The Morgan fingerprint density at radius 3 is 2.39 bits per heavy atom. The summed E-state index contributed by atoms with van der Waals surface area (Å²) in [6.45, 7) is 2.65. The molecule has 0 bridgehead atoms. The molecule has 3 amide bonds. The lowest BCUT2D eigenvalue weighted by Crippen LogP contribution is -2.55. The molecule has 0 saturated carbocycles. The van der Waals surface area contributed by atoms with Crippen LogP contribution in [-0.2, 0) is 14.3 Å². The second-order valence-corrected chi connectivity index (χ2v) is 8.22. The third-order valence-electron chi connectivity index (χ3n) is 6.18. The Balaban J connectivity index is 1.72. The Morgan fingerprint density at radius 2 is 1.74 bits per heavy atom. The van der Waals surface area contributed by atoms with E-state index in [9.17, 15) is 14.4 Å². The maximum atomic E-state index is 13.4. The summed E-state index contributed by atoms with van der Waals surface area (Å²) >= 11 is 0. The van der Waals surface area contributed by atoms with E-state index in [-0.39, 0.29) is 30.2 Å². The number of nitrogens with one attached hydrogen (secondary N) is 1. The number of benzene rings is 1. The fourth-order valence-electron chi connectivity index (χ4n) is 4.38. The Hall–Kier alpha value is -2.61. The molecular formula is C23H33N3O5. The van der Waals surface area contributed by atoms with Gasteiger partial charge in [0.05, 0.1) is 7.11 Å². The second-order valence-electron chi connectivity index (χ2n) is 8.22. The first kappa shape index (κ1) is 23.1. The molecule has 3 rings (SSSR count). The molecule has 8 nitrogen and oxygen atoms in total. The fraction of sp³-hybridized carbons (Fsp3) is 0.609. The molecule has 0 spiro atoms. The number of nitrogens with zero attached hydrogens (tertiary/aromatic N) is 2. The van der Waals surface area contributed by atoms with Crippen LogP contribution in [0.3, 0.4) is 0 Å². The van der Waals surface area contributed by atoms with Crippen LogP contribution in [0, 0.1) is 5.92 Å². The Labute approximate surface area is 183 Å². The zero-order valence-corrected chi connectivity index (χ0v) is 18.5. The van der Waals surface area contributed by atoms with Crippen molar-refractivity contribution in [2.75, 3.05) is 47.0 Å². The number of likely N-dealkylation sites (tertiary alicyclic amines) is 2. The lowest BCUT2D eigenvalue weighted by molar-refractivity contribution is -0.138.